The van der Waals surface area contributed by atoms with Crippen molar-refractivity contribution in [2.24, 2.45) is 0 Å². The van der Waals surface area contributed by atoms with Crippen molar-refractivity contribution in [2.75, 3.05) is 0 Å². The van der Waals surface area contributed by atoms with E-state index in [0.29, 0.717) is 22.5 Å². The summed E-state index contributed by atoms with van der Waals surface area (Å²) in [5, 5.41) is 7.27. The number of carbonyl (C=O) groups excluding carboxylic acids is 1. The van der Waals surface area contributed by atoms with E-state index < -0.39 is 6.10 Å². The van der Waals surface area contributed by atoms with E-state index in [0.717, 1.165) is 11.1 Å². The minimum atomic E-state index is -0.671. The van der Waals surface area contributed by atoms with Crippen LogP contribution in [-0.4, -0.2) is 22.2 Å². The van der Waals surface area contributed by atoms with E-state index in [4.69, 9.17) is 20.9 Å². The quantitative estimate of drug-likeness (QED) is 0.713. The van der Waals surface area contributed by atoms with E-state index >= 15 is 0 Å². The van der Waals surface area contributed by atoms with Crippen LogP contribution in [0.3, 0.4) is 0 Å². The van der Waals surface area contributed by atoms with E-state index in [2.05, 4.69) is 15.5 Å². The second-order valence-electron chi connectivity index (χ2n) is 5.81. The van der Waals surface area contributed by atoms with Gasteiger partial charge < -0.3 is 14.6 Å². The van der Waals surface area contributed by atoms with Gasteiger partial charge in [0.25, 0.3) is 5.91 Å². The number of halogens is 1. The van der Waals surface area contributed by atoms with Crippen LogP contribution in [0, 0.1) is 6.92 Å². The van der Waals surface area contributed by atoms with Crippen LogP contribution >= 0.6 is 11.6 Å². The standard InChI is InChI=1S/C19H18ClN3O3/c1-12-4-3-5-14(10-12)18-22-17(26-23-18)11-21-19(24)13(2)25-16-8-6-15(20)7-9-16/h3-10,13H,11H2,1-2H3,(H,21,24)/t13-/m1/s1. The molecule has 0 spiro atoms. The van der Waals surface area contributed by atoms with Crippen molar-refractivity contribution in [3.05, 3.63) is 65.0 Å². The molecule has 0 fully saturated rings. The molecule has 7 heteroatoms. The monoisotopic (exact) mass is 371 g/mol. The number of hydrogen-bond donors (Lipinski definition) is 1. The van der Waals surface area contributed by atoms with Crippen LogP contribution in [0.5, 0.6) is 5.75 Å². The Hall–Kier alpha value is -2.86. The van der Waals surface area contributed by atoms with E-state index in [-0.39, 0.29) is 12.5 Å². The number of ether oxygens (including phenoxy) is 1. The normalized spacial score (nSPS) is 11.8. The minimum absolute atomic E-state index is 0.131. The highest BCUT2D eigenvalue weighted by molar-refractivity contribution is 6.30. The lowest BCUT2D eigenvalue weighted by atomic mass is 10.1. The third-order valence-electron chi connectivity index (χ3n) is 3.65. The number of nitrogens with one attached hydrogen (secondary N) is 1. The minimum Gasteiger partial charge on any atom is -0.481 e. The van der Waals surface area contributed by atoms with Crippen LogP contribution in [0.15, 0.2) is 53.1 Å². The van der Waals surface area contributed by atoms with Crippen LogP contribution in [-0.2, 0) is 11.3 Å². The van der Waals surface area contributed by atoms with Crippen molar-refractivity contribution >= 4 is 17.5 Å². The molecule has 6 nitrogen and oxygen atoms in total. The van der Waals surface area contributed by atoms with Gasteiger partial charge in [-0.15, -0.1) is 0 Å². The Kier molecular flexibility index (Phi) is 5.53. The van der Waals surface area contributed by atoms with Crippen LogP contribution in [0.2, 0.25) is 5.02 Å². The van der Waals surface area contributed by atoms with Gasteiger partial charge in [0.2, 0.25) is 11.7 Å². The zero-order valence-corrected chi connectivity index (χ0v) is 15.2. The molecule has 1 amide bonds. The molecule has 1 atom stereocenters. The number of aryl methyl sites for hydroxylation is 1. The second-order valence-corrected chi connectivity index (χ2v) is 6.25. The van der Waals surface area contributed by atoms with E-state index in [9.17, 15) is 4.79 Å². The first-order valence-corrected chi connectivity index (χ1v) is 8.48. The first kappa shape index (κ1) is 17.9. The lowest BCUT2D eigenvalue weighted by molar-refractivity contribution is -0.127. The van der Waals surface area contributed by atoms with Gasteiger partial charge in [0.15, 0.2) is 6.10 Å². The van der Waals surface area contributed by atoms with E-state index in [1.807, 2.05) is 31.2 Å². The maximum absolute atomic E-state index is 12.2. The number of carbonyl (C=O) groups is 1. The second kappa shape index (κ2) is 8.01. The summed E-state index contributed by atoms with van der Waals surface area (Å²) in [4.78, 5) is 16.5. The molecule has 1 aromatic heterocycles. The Morgan fingerprint density at radius 2 is 2.04 bits per heavy atom. The number of amides is 1. The Morgan fingerprint density at radius 1 is 1.27 bits per heavy atom. The molecule has 3 aromatic rings. The molecule has 2 aromatic carbocycles. The molecule has 1 heterocycles. The Bertz CT molecular complexity index is 893. The number of nitrogens with zero attached hydrogens (tertiary/aromatic N) is 2. The maximum Gasteiger partial charge on any atom is 0.261 e. The summed E-state index contributed by atoms with van der Waals surface area (Å²) >= 11 is 5.83. The van der Waals surface area contributed by atoms with Gasteiger partial charge >= 0.3 is 0 Å². The molecule has 0 aliphatic carbocycles. The van der Waals surface area contributed by atoms with Crippen LogP contribution in [0.4, 0.5) is 0 Å². The Morgan fingerprint density at radius 3 is 2.77 bits per heavy atom. The number of benzene rings is 2. The van der Waals surface area contributed by atoms with Crippen molar-refractivity contribution < 1.29 is 14.1 Å². The largest absolute Gasteiger partial charge is 0.481 e. The molecule has 0 radical (unpaired) electrons. The van der Waals surface area contributed by atoms with Gasteiger partial charge in [-0.05, 0) is 44.2 Å². The fourth-order valence-electron chi connectivity index (χ4n) is 2.31. The van der Waals surface area contributed by atoms with Gasteiger partial charge in [0.1, 0.15) is 5.75 Å². The van der Waals surface area contributed by atoms with Gasteiger partial charge in [-0.3, -0.25) is 4.79 Å². The van der Waals surface area contributed by atoms with Crippen molar-refractivity contribution in [3.63, 3.8) is 0 Å². The molecule has 134 valence electrons. The number of aromatic nitrogens is 2. The zero-order valence-electron chi connectivity index (χ0n) is 14.4. The first-order valence-electron chi connectivity index (χ1n) is 8.11. The third-order valence-corrected chi connectivity index (χ3v) is 3.91. The lowest BCUT2D eigenvalue weighted by Crippen LogP contribution is -2.35. The van der Waals surface area contributed by atoms with Gasteiger partial charge in [-0.1, -0.05) is 40.5 Å². The van der Waals surface area contributed by atoms with Crippen LogP contribution in [0.1, 0.15) is 18.4 Å². The average Bonchev–Trinajstić information content (AvgIpc) is 3.10. The summed E-state index contributed by atoms with van der Waals surface area (Å²) in [6.45, 7) is 3.79. The molecule has 3 rings (SSSR count). The molecular formula is C19H18ClN3O3. The smallest absolute Gasteiger partial charge is 0.261 e. The molecule has 0 unspecified atom stereocenters. The summed E-state index contributed by atoms with van der Waals surface area (Å²) in [7, 11) is 0. The van der Waals surface area contributed by atoms with Crippen LogP contribution < -0.4 is 10.1 Å². The van der Waals surface area contributed by atoms with Crippen molar-refractivity contribution in [1.82, 2.24) is 15.5 Å². The fraction of sp³-hybridized carbons (Fsp3) is 0.211. The summed E-state index contributed by atoms with van der Waals surface area (Å²) in [6, 6.07) is 14.6. The number of hydrogen-bond acceptors (Lipinski definition) is 5. The first-order chi connectivity index (χ1) is 12.5. The highest BCUT2D eigenvalue weighted by Gasteiger charge is 2.16. The van der Waals surface area contributed by atoms with Crippen LogP contribution in [0.25, 0.3) is 11.4 Å². The van der Waals surface area contributed by atoms with Crippen molar-refractivity contribution in [3.8, 4) is 17.1 Å². The fourth-order valence-corrected chi connectivity index (χ4v) is 2.43. The highest BCUT2D eigenvalue weighted by atomic mass is 35.5. The summed E-state index contributed by atoms with van der Waals surface area (Å²) in [6.07, 6.45) is -0.671. The Labute approximate surface area is 156 Å². The molecule has 0 aliphatic heterocycles. The summed E-state index contributed by atoms with van der Waals surface area (Å²) in [5.41, 5.74) is 1.97. The number of rotatable bonds is 6. The molecule has 1 N–H and O–H groups in total. The molecule has 0 bridgehead atoms. The van der Waals surface area contributed by atoms with E-state index in [1.165, 1.54) is 0 Å². The molecule has 0 aliphatic rings. The average molecular weight is 372 g/mol. The van der Waals surface area contributed by atoms with Crippen molar-refractivity contribution in [1.29, 1.82) is 0 Å². The molecular weight excluding hydrogens is 354 g/mol. The van der Waals surface area contributed by atoms with Gasteiger partial charge in [0, 0.05) is 10.6 Å². The topological polar surface area (TPSA) is 77.2 Å². The van der Waals surface area contributed by atoms with Gasteiger partial charge in [-0.2, -0.15) is 4.98 Å². The van der Waals surface area contributed by atoms with Crippen molar-refractivity contribution in [2.45, 2.75) is 26.5 Å². The molecule has 0 saturated carbocycles. The molecule has 26 heavy (non-hydrogen) atoms. The van der Waals surface area contributed by atoms with E-state index in [1.54, 1.807) is 31.2 Å². The zero-order chi connectivity index (χ0) is 18.5. The predicted octanol–water partition coefficient (Wildman–Crippen LogP) is 3.78. The SMILES string of the molecule is Cc1cccc(-c2noc(CNC(=O)[C@@H](C)Oc3ccc(Cl)cc3)n2)c1. The summed E-state index contributed by atoms with van der Waals surface area (Å²) < 4.78 is 10.8. The summed E-state index contributed by atoms with van der Waals surface area (Å²) in [5.74, 6) is 1.10. The predicted molar refractivity (Wildman–Crippen MR) is 97.9 cm³/mol. The highest BCUT2D eigenvalue weighted by Crippen LogP contribution is 2.18. The Balaban J connectivity index is 1.55. The maximum atomic E-state index is 12.2. The third kappa shape index (κ3) is 4.61. The molecule has 0 saturated heterocycles. The lowest BCUT2D eigenvalue weighted by Gasteiger charge is -2.13. The van der Waals surface area contributed by atoms with Gasteiger partial charge in [-0.25, -0.2) is 0 Å². The van der Waals surface area contributed by atoms with Gasteiger partial charge in [0.05, 0.1) is 6.54 Å².